The van der Waals surface area contributed by atoms with Crippen LogP contribution in [0.1, 0.15) is 0 Å². The van der Waals surface area contributed by atoms with Gasteiger partial charge in [-0.15, -0.1) is 11.6 Å². The van der Waals surface area contributed by atoms with Crippen LogP contribution in [0.25, 0.3) is 0 Å². The van der Waals surface area contributed by atoms with Gasteiger partial charge in [-0.1, -0.05) is 0 Å². The number of hydrogen-bond acceptors (Lipinski definition) is 2. The molecule has 3 rings (SSSR count). The minimum Gasteiger partial charge on any atom is -0.298 e. The Balaban J connectivity index is 2.06. The molecule has 3 heterocycles. The number of fused-ring (bicyclic) bond motifs is 3. The summed E-state index contributed by atoms with van der Waals surface area (Å²) in [5.41, 5.74) is 0.299. The number of halogens is 1. The van der Waals surface area contributed by atoms with E-state index in [0.717, 1.165) is 6.54 Å². The average Bonchev–Trinajstić information content (AvgIpc) is 1.90. The summed E-state index contributed by atoms with van der Waals surface area (Å²) in [4.78, 5) is 4.78. The highest BCUT2D eigenvalue weighted by molar-refractivity contribution is 6.20. The molecular formula is C6H11ClN2. The Labute approximate surface area is 60.4 Å². The van der Waals surface area contributed by atoms with Crippen molar-refractivity contribution in [1.82, 2.24) is 9.80 Å². The number of hydrogen-bond donors (Lipinski definition) is 0. The summed E-state index contributed by atoms with van der Waals surface area (Å²) in [6.45, 7) is 5.87. The van der Waals surface area contributed by atoms with Gasteiger partial charge in [-0.3, -0.25) is 9.80 Å². The van der Waals surface area contributed by atoms with Gasteiger partial charge in [0.25, 0.3) is 0 Å². The van der Waals surface area contributed by atoms with Crippen LogP contribution in [-0.4, -0.2) is 48.0 Å². The molecule has 0 aromatic heterocycles. The van der Waals surface area contributed by atoms with Crippen molar-refractivity contribution < 1.29 is 0 Å². The maximum atomic E-state index is 6.00. The lowest BCUT2D eigenvalue weighted by Gasteiger charge is -2.44. The highest BCUT2D eigenvalue weighted by Gasteiger charge is 2.29. The first-order valence-electron chi connectivity index (χ1n) is 3.47. The second-order valence-electron chi connectivity index (χ2n) is 2.77. The molecule has 0 aromatic rings. The summed E-state index contributed by atoms with van der Waals surface area (Å²) in [5.74, 6) is 0. The maximum Gasteiger partial charge on any atom is 0.0979 e. The molecule has 0 spiro atoms. The first-order chi connectivity index (χ1) is 4.36. The molecule has 3 saturated heterocycles. The van der Waals surface area contributed by atoms with Gasteiger partial charge in [-0.2, -0.15) is 0 Å². The van der Waals surface area contributed by atoms with Crippen molar-refractivity contribution in [3.05, 3.63) is 0 Å². The van der Waals surface area contributed by atoms with Crippen LogP contribution in [-0.2, 0) is 0 Å². The smallest absolute Gasteiger partial charge is 0.0979 e. The summed E-state index contributed by atoms with van der Waals surface area (Å²) in [5, 5.41) is 0. The van der Waals surface area contributed by atoms with Crippen molar-refractivity contribution in [2.45, 2.75) is 5.50 Å². The van der Waals surface area contributed by atoms with E-state index in [1.165, 1.54) is 26.2 Å². The fraction of sp³-hybridized carbons (Fsp3) is 1.00. The number of rotatable bonds is 0. The molecule has 0 saturated carbocycles. The van der Waals surface area contributed by atoms with Gasteiger partial charge in [-0.05, 0) is 0 Å². The van der Waals surface area contributed by atoms with E-state index in [1.807, 2.05) is 0 Å². The van der Waals surface area contributed by atoms with Crippen LogP contribution in [0.5, 0.6) is 0 Å². The zero-order chi connectivity index (χ0) is 6.27. The molecule has 9 heavy (non-hydrogen) atoms. The largest absolute Gasteiger partial charge is 0.298 e. The second-order valence-corrected chi connectivity index (χ2v) is 3.27. The zero-order valence-corrected chi connectivity index (χ0v) is 6.14. The van der Waals surface area contributed by atoms with E-state index in [0.29, 0.717) is 5.50 Å². The Morgan fingerprint density at radius 2 is 1.78 bits per heavy atom. The summed E-state index contributed by atoms with van der Waals surface area (Å²) < 4.78 is 0. The fourth-order valence-electron chi connectivity index (χ4n) is 1.55. The monoisotopic (exact) mass is 146 g/mol. The first-order valence-corrected chi connectivity index (χ1v) is 3.90. The number of piperazine rings is 3. The van der Waals surface area contributed by atoms with Crippen molar-refractivity contribution in [2.24, 2.45) is 0 Å². The molecule has 0 aliphatic carbocycles. The third-order valence-corrected chi connectivity index (χ3v) is 2.63. The van der Waals surface area contributed by atoms with Crippen LogP contribution in [0.4, 0.5) is 0 Å². The van der Waals surface area contributed by atoms with E-state index in [4.69, 9.17) is 11.6 Å². The maximum absolute atomic E-state index is 6.00. The van der Waals surface area contributed by atoms with Gasteiger partial charge < -0.3 is 0 Å². The fourth-order valence-corrected chi connectivity index (χ4v) is 1.94. The average molecular weight is 147 g/mol. The Morgan fingerprint density at radius 1 is 1.11 bits per heavy atom. The molecule has 3 fully saturated rings. The predicted molar refractivity (Wildman–Crippen MR) is 37.7 cm³/mol. The molecule has 2 nitrogen and oxygen atoms in total. The molecule has 52 valence electrons. The third kappa shape index (κ3) is 0.955. The van der Waals surface area contributed by atoms with E-state index in [9.17, 15) is 0 Å². The summed E-state index contributed by atoms with van der Waals surface area (Å²) in [7, 11) is 0. The topological polar surface area (TPSA) is 6.48 Å². The van der Waals surface area contributed by atoms with E-state index in [-0.39, 0.29) is 0 Å². The summed E-state index contributed by atoms with van der Waals surface area (Å²) in [6.07, 6.45) is 0. The van der Waals surface area contributed by atoms with Crippen molar-refractivity contribution in [3.63, 3.8) is 0 Å². The molecule has 0 radical (unpaired) electrons. The van der Waals surface area contributed by atoms with Gasteiger partial charge in [0.1, 0.15) is 0 Å². The van der Waals surface area contributed by atoms with Gasteiger partial charge in [0.15, 0.2) is 0 Å². The Kier molecular flexibility index (Phi) is 1.40. The summed E-state index contributed by atoms with van der Waals surface area (Å²) in [6, 6.07) is 0. The van der Waals surface area contributed by atoms with Gasteiger partial charge in [0.2, 0.25) is 0 Å². The van der Waals surface area contributed by atoms with E-state index >= 15 is 0 Å². The molecule has 1 atom stereocenters. The Bertz CT molecular complexity index is 110. The minimum absolute atomic E-state index is 0.299. The van der Waals surface area contributed by atoms with E-state index in [2.05, 4.69) is 9.80 Å². The highest BCUT2D eigenvalue weighted by atomic mass is 35.5. The molecule has 0 unspecified atom stereocenters. The van der Waals surface area contributed by atoms with Crippen LogP contribution in [0.3, 0.4) is 0 Å². The molecule has 0 aromatic carbocycles. The van der Waals surface area contributed by atoms with Gasteiger partial charge in [-0.25, -0.2) is 0 Å². The van der Waals surface area contributed by atoms with E-state index < -0.39 is 0 Å². The second kappa shape index (κ2) is 2.11. The summed E-state index contributed by atoms with van der Waals surface area (Å²) >= 11 is 6.00. The van der Waals surface area contributed by atoms with Crippen LogP contribution in [0.2, 0.25) is 0 Å². The SMILES string of the molecule is Cl[C@@H]1CN2CCN1CC2. The van der Waals surface area contributed by atoms with Gasteiger partial charge in [0, 0.05) is 32.7 Å². The Hall–Kier alpha value is 0.210. The lowest BCUT2D eigenvalue weighted by Crippen LogP contribution is -2.58. The van der Waals surface area contributed by atoms with Crippen molar-refractivity contribution >= 4 is 11.6 Å². The van der Waals surface area contributed by atoms with Crippen molar-refractivity contribution in [1.29, 1.82) is 0 Å². The Morgan fingerprint density at radius 3 is 2.00 bits per heavy atom. The highest BCUT2D eigenvalue weighted by Crippen LogP contribution is 2.17. The molecule has 3 heteroatoms. The van der Waals surface area contributed by atoms with Gasteiger partial charge in [0.05, 0.1) is 5.50 Å². The first kappa shape index (κ1) is 5.96. The van der Waals surface area contributed by atoms with Crippen LogP contribution in [0.15, 0.2) is 0 Å². The molecule has 3 aliphatic heterocycles. The zero-order valence-electron chi connectivity index (χ0n) is 5.39. The van der Waals surface area contributed by atoms with Crippen LogP contribution in [0, 0.1) is 0 Å². The van der Waals surface area contributed by atoms with Crippen molar-refractivity contribution in [2.75, 3.05) is 32.7 Å². The molecule has 0 N–H and O–H groups in total. The molecule has 0 amide bonds. The quantitative estimate of drug-likeness (QED) is 0.356. The minimum atomic E-state index is 0.299. The predicted octanol–water partition coefficient (Wildman–Crippen LogP) is 0.183. The lowest BCUT2D eigenvalue weighted by atomic mass is 10.2. The van der Waals surface area contributed by atoms with Crippen molar-refractivity contribution in [3.8, 4) is 0 Å². The van der Waals surface area contributed by atoms with Crippen LogP contribution >= 0.6 is 11.6 Å². The van der Waals surface area contributed by atoms with Crippen LogP contribution < -0.4 is 0 Å². The van der Waals surface area contributed by atoms with E-state index in [1.54, 1.807) is 0 Å². The molecule has 2 bridgehead atoms. The number of alkyl halides is 1. The molecule has 3 aliphatic rings. The lowest BCUT2D eigenvalue weighted by molar-refractivity contribution is 0.0467. The third-order valence-electron chi connectivity index (χ3n) is 2.21. The standard InChI is InChI=1S/C6H11ClN2/c7-6-5-8-1-3-9(6)4-2-8/h6H,1-5H2/t6-/m0/s1. The van der Waals surface area contributed by atoms with Gasteiger partial charge >= 0.3 is 0 Å². The number of nitrogens with zero attached hydrogens (tertiary/aromatic N) is 2. The molecular weight excluding hydrogens is 136 g/mol. The normalized spacial score (nSPS) is 49.7.